The molecule has 1 nitrogen and oxygen atoms in total. The van der Waals surface area contributed by atoms with Gasteiger partial charge in [0.1, 0.15) is 0 Å². The highest BCUT2D eigenvalue weighted by molar-refractivity contribution is 6.68. The van der Waals surface area contributed by atoms with Crippen molar-refractivity contribution in [1.29, 1.82) is 0 Å². The van der Waals surface area contributed by atoms with E-state index in [0.717, 1.165) is 12.0 Å². The maximum Gasteiger partial charge on any atom is 0.253 e. The van der Waals surface area contributed by atoms with E-state index >= 15 is 0 Å². The van der Waals surface area contributed by atoms with Crippen molar-refractivity contribution in [2.45, 2.75) is 6.42 Å². The Balaban J connectivity index is 2.19. The molecule has 0 saturated carbocycles. The number of carbonyl (C=O) groups is 1. The summed E-state index contributed by atoms with van der Waals surface area (Å²) in [4.78, 5) is 11.0. The van der Waals surface area contributed by atoms with Crippen molar-refractivity contribution in [1.82, 2.24) is 0 Å². The van der Waals surface area contributed by atoms with Gasteiger partial charge in [0.2, 0.25) is 0 Å². The smallest absolute Gasteiger partial charge is 0.253 e. The first-order chi connectivity index (χ1) is 5.75. The highest BCUT2D eigenvalue weighted by Crippen LogP contribution is 2.47. The van der Waals surface area contributed by atoms with Crippen LogP contribution in [0.25, 0.3) is 0 Å². The van der Waals surface area contributed by atoms with Crippen molar-refractivity contribution in [3.63, 3.8) is 0 Å². The minimum atomic E-state index is -0.342. The number of hydrogen-bond donors (Lipinski definition) is 0. The summed E-state index contributed by atoms with van der Waals surface area (Å²) in [5.74, 6) is 0. The number of hydrogen-bond acceptors (Lipinski definition) is 1. The van der Waals surface area contributed by atoms with Gasteiger partial charge in [0.05, 0.1) is 0 Å². The van der Waals surface area contributed by atoms with Crippen LogP contribution in [-0.4, -0.2) is 5.24 Å². The van der Waals surface area contributed by atoms with Crippen LogP contribution >= 0.6 is 11.6 Å². The van der Waals surface area contributed by atoms with E-state index in [1.54, 1.807) is 0 Å². The molecule has 3 aliphatic carbocycles. The summed E-state index contributed by atoms with van der Waals surface area (Å²) < 4.78 is 0. The third-order valence-corrected chi connectivity index (χ3v) is 2.71. The third kappa shape index (κ3) is 0.585. The first-order valence-corrected chi connectivity index (χ1v) is 4.21. The van der Waals surface area contributed by atoms with Crippen molar-refractivity contribution in [3.05, 3.63) is 46.1 Å². The standard InChI is InChI=1S/C10H5ClO/c11-10(12)9-4-6-1-5-2-7(6)8(9)3-5/h2-4H,1H2. The van der Waals surface area contributed by atoms with E-state index in [-0.39, 0.29) is 5.24 Å². The molecule has 2 heteroatoms. The second kappa shape index (κ2) is 1.80. The summed E-state index contributed by atoms with van der Waals surface area (Å²) in [6.07, 6.45) is 7.07. The second-order valence-corrected chi connectivity index (χ2v) is 3.57. The summed E-state index contributed by atoms with van der Waals surface area (Å²) in [6, 6.07) is 0. The molecule has 0 spiro atoms. The fraction of sp³-hybridized carbons (Fsp3) is 0.100. The van der Waals surface area contributed by atoms with Crippen LogP contribution in [0.15, 0.2) is 46.1 Å². The average molecular weight is 177 g/mol. The highest BCUT2D eigenvalue weighted by Gasteiger charge is 2.32. The summed E-state index contributed by atoms with van der Waals surface area (Å²) >= 11 is 5.44. The van der Waals surface area contributed by atoms with E-state index < -0.39 is 0 Å². The van der Waals surface area contributed by atoms with Crippen LogP contribution in [0.1, 0.15) is 6.42 Å². The molecule has 0 heterocycles. The Morgan fingerprint density at radius 2 is 2.17 bits per heavy atom. The summed E-state index contributed by atoms with van der Waals surface area (Å²) in [5, 5.41) is -0.342. The molecule has 0 atom stereocenters. The summed E-state index contributed by atoms with van der Waals surface area (Å²) in [5.41, 5.74) is 5.48. The molecule has 3 aliphatic rings. The van der Waals surface area contributed by atoms with Gasteiger partial charge in [-0.25, -0.2) is 0 Å². The SMILES string of the molecule is O=C(Cl)C1=CC2=C3C=C(C=C13)C2. The van der Waals surface area contributed by atoms with Crippen molar-refractivity contribution < 1.29 is 4.79 Å². The van der Waals surface area contributed by atoms with E-state index in [2.05, 4.69) is 12.2 Å². The zero-order valence-corrected chi connectivity index (χ0v) is 6.98. The first kappa shape index (κ1) is 6.44. The second-order valence-electron chi connectivity index (χ2n) is 3.22. The van der Waals surface area contributed by atoms with E-state index in [1.807, 2.05) is 6.08 Å². The maximum atomic E-state index is 11.0. The van der Waals surface area contributed by atoms with Crippen LogP contribution in [0.3, 0.4) is 0 Å². The van der Waals surface area contributed by atoms with Crippen molar-refractivity contribution in [2.24, 2.45) is 0 Å². The van der Waals surface area contributed by atoms with Gasteiger partial charge in [0.15, 0.2) is 0 Å². The van der Waals surface area contributed by atoms with Crippen molar-refractivity contribution in [3.8, 4) is 0 Å². The quantitative estimate of drug-likeness (QED) is 0.560. The van der Waals surface area contributed by atoms with Crippen LogP contribution in [0, 0.1) is 0 Å². The Morgan fingerprint density at radius 3 is 2.75 bits per heavy atom. The van der Waals surface area contributed by atoms with Gasteiger partial charge in [-0.1, -0.05) is 12.2 Å². The largest absolute Gasteiger partial charge is 0.276 e. The number of halogens is 1. The van der Waals surface area contributed by atoms with Gasteiger partial charge in [0.25, 0.3) is 5.24 Å². The van der Waals surface area contributed by atoms with E-state index in [9.17, 15) is 4.79 Å². The molecule has 0 N–H and O–H groups in total. The zero-order valence-electron chi connectivity index (χ0n) is 6.23. The molecule has 58 valence electrons. The fourth-order valence-corrected chi connectivity index (χ4v) is 2.17. The van der Waals surface area contributed by atoms with Gasteiger partial charge in [-0.05, 0) is 46.4 Å². The van der Waals surface area contributed by atoms with Gasteiger partial charge in [-0.3, -0.25) is 4.79 Å². The van der Waals surface area contributed by atoms with E-state index in [4.69, 9.17) is 11.6 Å². The minimum absolute atomic E-state index is 0.342. The Bertz CT molecular complexity index is 433. The molecule has 12 heavy (non-hydrogen) atoms. The van der Waals surface area contributed by atoms with Crippen molar-refractivity contribution in [2.75, 3.05) is 0 Å². The summed E-state index contributed by atoms with van der Waals surface area (Å²) in [6.45, 7) is 0. The number of rotatable bonds is 1. The highest BCUT2D eigenvalue weighted by atomic mass is 35.5. The molecule has 3 rings (SSSR count). The molecule has 0 unspecified atom stereocenters. The fourth-order valence-electron chi connectivity index (χ4n) is 2.02. The van der Waals surface area contributed by atoms with E-state index in [1.165, 1.54) is 16.7 Å². The predicted octanol–water partition coefficient (Wildman–Crippen LogP) is 2.26. The molecule has 0 aromatic heterocycles. The molecule has 0 aliphatic heterocycles. The van der Waals surface area contributed by atoms with Crippen LogP contribution in [0.5, 0.6) is 0 Å². The topological polar surface area (TPSA) is 17.1 Å². The molecule has 0 aromatic rings. The predicted molar refractivity (Wildman–Crippen MR) is 46.8 cm³/mol. The van der Waals surface area contributed by atoms with Crippen LogP contribution in [-0.2, 0) is 4.79 Å². The molecule has 2 bridgehead atoms. The van der Waals surface area contributed by atoms with Gasteiger partial charge in [0, 0.05) is 5.57 Å². The van der Waals surface area contributed by atoms with Crippen LogP contribution < -0.4 is 0 Å². The molecular weight excluding hydrogens is 172 g/mol. The third-order valence-electron chi connectivity index (χ3n) is 2.51. The summed E-state index contributed by atoms with van der Waals surface area (Å²) in [7, 11) is 0. The molecular formula is C10H5ClO. The van der Waals surface area contributed by atoms with E-state index in [0.29, 0.717) is 5.57 Å². The molecule has 0 saturated heterocycles. The Hall–Kier alpha value is -1.08. The average Bonchev–Trinajstić information content (AvgIpc) is 2.55. The van der Waals surface area contributed by atoms with Gasteiger partial charge < -0.3 is 0 Å². The number of carbonyl (C=O) groups excluding carboxylic acids is 1. The first-order valence-electron chi connectivity index (χ1n) is 3.83. The van der Waals surface area contributed by atoms with Gasteiger partial charge in [-0.15, -0.1) is 0 Å². The minimum Gasteiger partial charge on any atom is -0.276 e. The van der Waals surface area contributed by atoms with Gasteiger partial charge in [-0.2, -0.15) is 0 Å². The lowest BCUT2D eigenvalue weighted by Crippen LogP contribution is -1.93. The number of allylic oxidation sites excluding steroid dienone is 8. The van der Waals surface area contributed by atoms with Crippen LogP contribution in [0.4, 0.5) is 0 Å². The normalized spacial score (nSPS) is 22.9. The lowest BCUT2D eigenvalue weighted by molar-refractivity contribution is -0.108. The Morgan fingerprint density at radius 1 is 1.33 bits per heavy atom. The lowest BCUT2D eigenvalue weighted by atomic mass is 10.0. The molecule has 0 fully saturated rings. The van der Waals surface area contributed by atoms with Crippen LogP contribution in [0.2, 0.25) is 0 Å². The lowest BCUT2D eigenvalue weighted by Gasteiger charge is -2.00. The monoisotopic (exact) mass is 176 g/mol. The molecule has 0 amide bonds. The molecule has 0 aromatic carbocycles. The maximum absolute atomic E-state index is 11.0. The Labute approximate surface area is 74.7 Å². The van der Waals surface area contributed by atoms with Gasteiger partial charge >= 0.3 is 0 Å². The molecule has 0 radical (unpaired) electrons. The zero-order chi connectivity index (χ0) is 8.29. The van der Waals surface area contributed by atoms with Crippen molar-refractivity contribution >= 4 is 16.8 Å². The Kier molecular flexibility index (Phi) is 0.968.